The highest BCUT2D eigenvalue weighted by atomic mass is 32.1. The number of piperazine rings is 1. The summed E-state index contributed by atoms with van der Waals surface area (Å²) in [6.45, 7) is 14.5. The molecule has 5 unspecified atom stereocenters. The normalized spacial score (nSPS) is 20.9. The lowest BCUT2D eigenvalue weighted by Crippen LogP contribution is -2.56. The predicted molar refractivity (Wildman–Crippen MR) is 234 cm³/mol. The number of rotatable bonds is 15. The molecule has 2 aliphatic heterocycles. The van der Waals surface area contributed by atoms with Gasteiger partial charge in [-0.25, -0.2) is 14.4 Å². The summed E-state index contributed by atoms with van der Waals surface area (Å²) in [6, 6.07) is 6.32. The number of carbonyl (C=O) groups excluding carboxylic acids is 1. The van der Waals surface area contributed by atoms with Crippen LogP contribution in [0.2, 0.25) is 0 Å². The molecule has 1 N–H and O–H groups in total. The van der Waals surface area contributed by atoms with Crippen LogP contribution >= 0.6 is 20.6 Å². The lowest BCUT2D eigenvalue weighted by atomic mass is 9.78. The number of methoxy groups -OCH3 is 1. The van der Waals surface area contributed by atoms with E-state index < -0.39 is 17.6 Å². The maximum atomic E-state index is 15.5. The Hall–Kier alpha value is -3.43. The number of nitriles is 1. The number of nitrogens with one attached hydrogen (secondary N) is 1. The molecule has 2 aromatic carbocycles. The Balaban J connectivity index is 1.45. The Labute approximate surface area is 352 Å². The molecule has 0 spiro atoms. The molecule has 0 radical (unpaired) electrons. The van der Waals surface area contributed by atoms with Crippen LogP contribution < -0.4 is 15.5 Å². The van der Waals surface area contributed by atoms with Crippen LogP contribution in [0.25, 0.3) is 32.1 Å². The van der Waals surface area contributed by atoms with Crippen molar-refractivity contribution in [3.63, 3.8) is 0 Å². The van der Waals surface area contributed by atoms with Crippen molar-refractivity contribution in [1.82, 2.24) is 20.2 Å². The van der Waals surface area contributed by atoms with Crippen molar-refractivity contribution in [2.45, 2.75) is 129 Å². The van der Waals surface area contributed by atoms with Crippen molar-refractivity contribution in [3.05, 3.63) is 45.8 Å². The number of fused-ring (bicyclic) bond motifs is 2. The van der Waals surface area contributed by atoms with Gasteiger partial charge in [-0.05, 0) is 93.5 Å². The van der Waals surface area contributed by atoms with Crippen molar-refractivity contribution in [3.8, 4) is 17.2 Å². The van der Waals surface area contributed by atoms with Crippen LogP contribution in [0.3, 0.4) is 0 Å². The summed E-state index contributed by atoms with van der Waals surface area (Å²) >= 11 is 1.15. The maximum absolute atomic E-state index is 15.5. The van der Waals surface area contributed by atoms with Gasteiger partial charge in [0.2, 0.25) is 0 Å². The number of thiophene rings is 1. The molecule has 2 fully saturated rings. The molecule has 4 heterocycles. The topological polar surface area (TPSA) is 94.4 Å². The van der Waals surface area contributed by atoms with E-state index in [4.69, 9.17) is 14.7 Å². The van der Waals surface area contributed by atoms with Gasteiger partial charge in [-0.1, -0.05) is 47.1 Å². The average molecular weight is 855 g/mol. The molecule has 0 bridgehead atoms. The summed E-state index contributed by atoms with van der Waals surface area (Å²) in [5.41, 5.74) is -0.177. The van der Waals surface area contributed by atoms with Crippen LogP contribution in [0, 0.1) is 22.6 Å². The van der Waals surface area contributed by atoms with Gasteiger partial charge in [0.25, 0.3) is 0 Å². The summed E-state index contributed by atoms with van der Waals surface area (Å²) < 4.78 is 67.0. The second-order valence-electron chi connectivity index (χ2n) is 17.0. The quantitative estimate of drug-likeness (QED) is 0.0547. The van der Waals surface area contributed by atoms with E-state index in [0.717, 1.165) is 82.3 Å². The zero-order chi connectivity index (χ0) is 42.6. The highest BCUT2D eigenvalue weighted by Gasteiger charge is 2.39. The number of ether oxygens (including phenoxy) is 1. The molecule has 5 atom stereocenters. The minimum Gasteiger partial charge on any atom is -0.469 e. The zero-order valence-corrected chi connectivity index (χ0v) is 37.3. The van der Waals surface area contributed by atoms with Gasteiger partial charge >= 0.3 is 12.1 Å². The molecule has 2 saturated heterocycles. The molecule has 8 nitrogen and oxygen atoms in total. The Morgan fingerprint density at radius 3 is 2.53 bits per heavy atom. The summed E-state index contributed by atoms with van der Waals surface area (Å²) in [5.74, 6) is 0.277. The van der Waals surface area contributed by atoms with E-state index in [1.807, 2.05) is 13.8 Å². The second kappa shape index (κ2) is 19.1. The number of benzene rings is 2. The number of hydrogen-bond acceptors (Lipinski definition) is 9. The standard InChI is InChI=1S/C45H59F4N6O2PS/c1-7-27(4)41-32(23-50)37-30(15-16-34(46)42(37)59-41)38-33(45(47,48)49)22-31-39(40(38)58)52-35(53-43(31)55-24-28(8-2)51-29(9-3)25-55)17-19-44(5)18-13-21-54(26-44)20-12-10-11-14-36(56)57-6/h15-16,22,27-29,51H,7-14,17-21,24-26,58H2,1-6H3. The summed E-state index contributed by atoms with van der Waals surface area (Å²) in [6.07, 6.45) is 4.33. The smallest absolute Gasteiger partial charge is 0.417 e. The van der Waals surface area contributed by atoms with Crippen LogP contribution in [-0.2, 0) is 22.1 Å². The first-order valence-corrected chi connectivity index (χ1v) is 22.7. The predicted octanol–water partition coefficient (Wildman–Crippen LogP) is 10.3. The molecule has 320 valence electrons. The van der Waals surface area contributed by atoms with Gasteiger partial charge in [0.1, 0.15) is 23.5 Å². The van der Waals surface area contributed by atoms with Crippen molar-refractivity contribution in [1.29, 1.82) is 5.26 Å². The second-order valence-corrected chi connectivity index (χ2v) is 18.6. The molecule has 4 aromatic rings. The van der Waals surface area contributed by atoms with Crippen molar-refractivity contribution in [2.24, 2.45) is 5.41 Å². The molecule has 59 heavy (non-hydrogen) atoms. The lowest BCUT2D eigenvalue weighted by Gasteiger charge is -2.41. The van der Waals surface area contributed by atoms with Gasteiger partial charge < -0.3 is 19.9 Å². The van der Waals surface area contributed by atoms with E-state index in [-0.39, 0.29) is 61.5 Å². The number of carbonyl (C=O) groups is 1. The molecule has 14 heteroatoms. The fraction of sp³-hybridized carbons (Fsp3) is 0.600. The number of unbranched alkanes of at least 4 members (excludes halogenated alkanes) is 2. The fourth-order valence-electron chi connectivity index (χ4n) is 9.06. The van der Waals surface area contributed by atoms with E-state index in [9.17, 15) is 10.1 Å². The number of piperidine rings is 1. The Bertz CT molecular complexity index is 2180. The van der Waals surface area contributed by atoms with E-state index >= 15 is 17.6 Å². The summed E-state index contributed by atoms with van der Waals surface area (Å²) in [7, 11) is 3.99. The van der Waals surface area contributed by atoms with Crippen LogP contribution in [0.1, 0.15) is 127 Å². The Morgan fingerprint density at radius 1 is 1.15 bits per heavy atom. The van der Waals surface area contributed by atoms with Gasteiger partial charge in [0.15, 0.2) is 0 Å². The Morgan fingerprint density at radius 2 is 1.88 bits per heavy atom. The van der Waals surface area contributed by atoms with Crippen LogP contribution in [0.5, 0.6) is 0 Å². The van der Waals surface area contributed by atoms with Crippen LogP contribution in [0.4, 0.5) is 23.4 Å². The highest BCUT2D eigenvalue weighted by Crippen LogP contribution is 2.47. The van der Waals surface area contributed by atoms with Gasteiger partial charge in [0.05, 0.1) is 28.5 Å². The first kappa shape index (κ1) is 45.1. The van der Waals surface area contributed by atoms with Crippen LogP contribution in [-0.4, -0.2) is 72.8 Å². The number of likely N-dealkylation sites (tertiary alicyclic amines) is 1. The Kier molecular flexibility index (Phi) is 14.6. The average Bonchev–Trinajstić information content (AvgIpc) is 3.63. The SMILES string of the molecule is CCC1CN(c2nc(CCC3(C)CCCN(CCCCCC(=O)OC)C3)nc3c(P)c(-c4ccc(F)c5sc(C(C)CC)c(C#N)c45)c(C(F)(F)F)cc23)CC(CC)N1. The van der Waals surface area contributed by atoms with Gasteiger partial charge in [-0.15, -0.1) is 20.6 Å². The van der Waals surface area contributed by atoms with E-state index in [1.165, 1.54) is 25.3 Å². The molecule has 0 aliphatic carbocycles. The molecule has 2 aromatic heterocycles. The molecule has 0 saturated carbocycles. The molecular weight excluding hydrogens is 796 g/mol. The first-order chi connectivity index (χ1) is 28.1. The minimum absolute atomic E-state index is 0.00675. The number of anilines is 1. The highest BCUT2D eigenvalue weighted by molar-refractivity contribution is 7.29. The van der Waals surface area contributed by atoms with Gasteiger partial charge in [-0.2, -0.15) is 18.4 Å². The number of hydrogen-bond donors (Lipinski definition) is 1. The largest absolute Gasteiger partial charge is 0.469 e. The molecule has 0 amide bonds. The molecule has 2 aliphatic rings. The van der Waals surface area contributed by atoms with E-state index in [0.29, 0.717) is 59.8 Å². The summed E-state index contributed by atoms with van der Waals surface area (Å²) in [5, 5.41) is 14.9. The number of nitrogens with zero attached hydrogens (tertiary/aromatic N) is 5. The van der Waals surface area contributed by atoms with Crippen molar-refractivity contribution >= 4 is 58.7 Å². The zero-order valence-electron chi connectivity index (χ0n) is 35.3. The third-order valence-electron chi connectivity index (χ3n) is 12.7. The number of alkyl halides is 3. The maximum Gasteiger partial charge on any atom is 0.417 e. The number of esters is 1. The third-order valence-corrected chi connectivity index (χ3v) is 14.6. The van der Waals surface area contributed by atoms with E-state index in [1.54, 1.807) is 0 Å². The monoisotopic (exact) mass is 854 g/mol. The van der Waals surface area contributed by atoms with Gasteiger partial charge in [-0.3, -0.25) is 4.79 Å². The number of aromatic nitrogens is 2. The third kappa shape index (κ3) is 9.88. The van der Waals surface area contributed by atoms with Crippen molar-refractivity contribution < 1.29 is 27.1 Å². The minimum atomic E-state index is -4.78. The number of aryl methyl sites for hydroxylation is 1. The van der Waals surface area contributed by atoms with Gasteiger partial charge in [0, 0.05) is 71.1 Å². The van der Waals surface area contributed by atoms with E-state index in [2.05, 4.69) is 51.2 Å². The summed E-state index contributed by atoms with van der Waals surface area (Å²) in [4.78, 5) is 27.1. The molecule has 6 rings (SSSR count). The first-order valence-electron chi connectivity index (χ1n) is 21.3. The fourth-order valence-corrected chi connectivity index (χ4v) is 10.9. The van der Waals surface area contributed by atoms with Crippen LogP contribution in [0.15, 0.2) is 18.2 Å². The number of halogens is 4. The van der Waals surface area contributed by atoms with Crippen molar-refractivity contribution in [2.75, 3.05) is 44.7 Å². The molecular formula is C45H59F4N6O2PS. The lowest BCUT2D eigenvalue weighted by molar-refractivity contribution is -0.140.